The predicted octanol–water partition coefficient (Wildman–Crippen LogP) is 5.21. The van der Waals surface area contributed by atoms with E-state index in [-0.39, 0.29) is 35.2 Å². The van der Waals surface area contributed by atoms with Crippen molar-refractivity contribution in [3.8, 4) is 0 Å². The molecule has 0 amide bonds. The van der Waals surface area contributed by atoms with E-state index in [0.717, 1.165) is 45.1 Å². The van der Waals surface area contributed by atoms with E-state index in [2.05, 4.69) is 50.8 Å². The Balaban J connectivity index is 1.99. The van der Waals surface area contributed by atoms with Crippen molar-refractivity contribution in [2.24, 2.45) is 11.8 Å². The Labute approximate surface area is 196 Å². The van der Waals surface area contributed by atoms with Crippen LogP contribution in [-0.4, -0.2) is 58.2 Å². The summed E-state index contributed by atoms with van der Waals surface area (Å²) in [5.41, 5.74) is 0. The Kier molecular flexibility index (Phi) is 10.9. The summed E-state index contributed by atoms with van der Waals surface area (Å²) in [6.07, 6.45) is 10.2. The molecule has 32 heavy (non-hydrogen) atoms. The molecule has 1 N–H and O–H groups in total. The quantitative estimate of drug-likeness (QED) is 0.193. The van der Waals surface area contributed by atoms with Gasteiger partial charge in [-0.3, -0.25) is 4.79 Å². The highest BCUT2D eigenvalue weighted by Crippen LogP contribution is 2.42. The van der Waals surface area contributed by atoms with Gasteiger partial charge in [-0.25, -0.2) is 0 Å². The van der Waals surface area contributed by atoms with Gasteiger partial charge in [-0.2, -0.15) is 0 Å². The average molecular weight is 471 g/mol. The summed E-state index contributed by atoms with van der Waals surface area (Å²) in [4.78, 5) is 11.2. The van der Waals surface area contributed by atoms with Gasteiger partial charge < -0.3 is 23.7 Å². The molecule has 1 aliphatic heterocycles. The molecule has 0 aromatic rings. The number of aliphatic hydroxyl groups is 1. The van der Waals surface area contributed by atoms with Crippen molar-refractivity contribution in [1.82, 2.24) is 0 Å². The second kappa shape index (κ2) is 12.7. The van der Waals surface area contributed by atoms with E-state index in [1.54, 1.807) is 0 Å². The van der Waals surface area contributed by atoms with Crippen LogP contribution in [0.5, 0.6) is 0 Å². The maximum absolute atomic E-state index is 11.2. The third-order valence-corrected chi connectivity index (χ3v) is 12.0. The minimum atomic E-state index is -1.90. The number of rotatable bonds is 11. The zero-order valence-electron chi connectivity index (χ0n) is 21.1. The van der Waals surface area contributed by atoms with Crippen molar-refractivity contribution in [2.75, 3.05) is 20.3 Å². The summed E-state index contributed by atoms with van der Waals surface area (Å²) in [6.45, 7) is 12.7. The van der Waals surface area contributed by atoms with Crippen molar-refractivity contribution in [3.05, 3.63) is 12.2 Å². The first kappa shape index (κ1) is 27.5. The largest absolute Gasteiger partial charge is 0.469 e. The van der Waals surface area contributed by atoms with Crippen LogP contribution in [0.2, 0.25) is 18.1 Å². The Morgan fingerprint density at radius 2 is 1.94 bits per heavy atom. The molecule has 7 heteroatoms. The fraction of sp³-hybridized carbons (Fsp3) is 0.880. The summed E-state index contributed by atoms with van der Waals surface area (Å²) in [7, 11) is -0.480. The number of ether oxygens (including phenoxy) is 3. The molecule has 6 nitrogen and oxygen atoms in total. The van der Waals surface area contributed by atoms with E-state index in [4.69, 9.17) is 13.9 Å². The summed E-state index contributed by atoms with van der Waals surface area (Å²) in [5, 5.41) is 11.0. The molecule has 1 saturated heterocycles. The van der Waals surface area contributed by atoms with Crippen molar-refractivity contribution < 1.29 is 28.5 Å². The molecule has 1 unspecified atom stereocenters. The average Bonchev–Trinajstić information content (AvgIpc) is 3.02. The highest BCUT2D eigenvalue weighted by Gasteiger charge is 2.46. The second-order valence-electron chi connectivity index (χ2n) is 10.8. The first-order chi connectivity index (χ1) is 15.0. The SMILES string of the molecule is COC(=O)CCCC=CC[C@@H]1[C@@H](CO[Si](C)(C)C(C)(C)C)[C@H](OC2CCCCO2)C[C@@H]1O. The lowest BCUT2D eigenvalue weighted by atomic mass is 9.91. The van der Waals surface area contributed by atoms with Crippen LogP contribution in [-0.2, 0) is 23.4 Å². The van der Waals surface area contributed by atoms with E-state index in [9.17, 15) is 9.90 Å². The van der Waals surface area contributed by atoms with Gasteiger partial charge >= 0.3 is 5.97 Å². The molecule has 0 bridgehead atoms. The third kappa shape index (κ3) is 8.24. The van der Waals surface area contributed by atoms with Gasteiger partial charge in [0.2, 0.25) is 0 Å². The van der Waals surface area contributed by atoms with Gasteiger partial charge in [0, 0.05) is 32.0 Å². The molecular formula is C25H46O6Si. The summed E-state index contributed by atoms with van der Waals surface area (Å²) in [6, 6.07) is 0. The lowest BCUT2D eigenvalue weighted by Gasteiger charge is -2.38. The van der Waals surface area contributed by atoms with Gasteiger partial charge in [0.1, 0.15) is 0 Å². The molecule has 0 aromatic heterocycles. The lowest BCUT2D eigenvalue weighted by Crippen LogP contribution is -2.44. The molecule has 186 valence electrons. The minimum Gasteiger partial charge on any atom is -0.469 e. The van der Waals surface area contributed by atoms with Crippen LogP contribution in [0.4, 0.5) is 0 Å². The second-order valence-corrected chi connectivity index (χ2v) is 15.7. The van der Waals surface area contributed by atoms with Gasteiger partial charge in [-0.15, -0.1) is 0 Å². The van der Waals surface area contributed by atoms with E-state index >= 15 is 0 Å². The van der Waals surface area contributed by atoms with Crippen molar-refractivity contribution in [1.29, 1.82) is 0 Å². The summed E-state index contributed by atoms with van der Waals surface area (Å²) in [5.74, 6) is 0.0759. The van der Waals surface area contributed by atoms with E-state index < -0.39 is 14.4 Å². The maximum atomic E-state index is 11.2. The molecule has 1 aliphatic carbocycles. The zero-order chi connectivity index (χ0) is 23.8. The van der Waals surface area contributed by atoms with Crippen molar-refractivity contribution in [3.63, 3.8) is 0 Å². The number of hydrogen-bond acceptors (Lipinski definition) is 6. The fourth-order valence-corrected chi connectivity index (χ4v) is 5.28. The fourth-order valence-electron chi connectivity index (χ4n) is 4.24. The van der Waals surface area contributed by atoms with Crippen LogP contribution in [0.15, 0.2) is 12.2 Å². The highest BCUT2D eigenvalue weighted by molar-refractivity contribution is 6.74. The molecule has 5 atom stereocenters. The molecule has 1 heterocycles. The molecular weight excluding hydrogens is 424 g/mol. The van der Waals surface area contributed by atoms with Gasteiger partial charge in [-0.05, 0) is 62.6 Å². The summed E-state index contributed by atoms with van der Waals surface area (Å²) >= 11 is 0. The molecule has 0 aromatic carbocycles. The van der Waals surface area contributed by atoms with Crippen molar-refractivity contribution >= 4 is 14.3 Å². The van der Waals surface area contributed by atoms with Gasteiger partial charge in [-0.1, -0.05) is 32.9 Å². The predicted molar refractivity (Wildman–Crippen MR) is 129 cm³/mol. The molecule has 2 fully saturated rings. The van der Waals surface area contributed by atoms with Gasteiger partial charge in [0.15, 0.2) is 14.6 Å². The van der Waals surface area contributed by atoms with Gasteiger partial charge in [0.05, 0.1) is 19.3 Å². The smallest absolute Gasteiger partial charge is 0.305 e. The van der Waals surface area contributed by atoms with Crippen LogP contribution >= 0.6 is 0 Å². The number of carbonyl (C=O) groups is 1. The van der Waals surface area contributed by atoms with Gasteiger partial charge in [0.25, 0.3) is 0 Å². The molecule has 1 saturated carbocycles. The monoisotopic (exact) mass is 470 g/mol. The Hall–Kier alpha value is -0.733. The van der Waals surface area contributed by atoms with Crippen LogP contribution < -0.4 is 0 Å². The highest BCUT2D eigenvalue weighted by atomic mass is 28.4. The first-order valence-corrected chi connectivity index (χ1v) is 15.3. The number of aliphatic hydroxyl groups excluding tert-OH is 1. The van der Waals surface area contributed by atoms with Crippen LogP contribution in [0, 0.1) is 11.8 Å². The standard InChI is InChI=1S/C25H46O6Si/c1-25(2,3)32(5,6)30-18-20-19(13-9-7-8-10-14-23(27)28-4)21(26)17-22(20)31-24-15-11-12-16-29-24/h7,9,19-22,24,26H,8,10-18H2,1-6H3/t19-,20-,21+,22-,24?/m1/s1. The molecule has 2 aliphatic rings. The van der Waals surface area contributed by atoms with Crippen LogP contribution in [0.25, 0.3) is 0 Å². The van der Waals surface area contributed by atoms with Crippen LogP contribution in [0.1, 0.15) is 72.1 Å². The van der Waals surface area contributed by atoms with Crippen molar-refractivity contribution in [2.45, 2.75) is 109 Å². The number of hydrogen-bond donors (Lipinski definition) is 1. The minimum absolute atomic E-state index is 0.0457. The molecule has 0 spiro atoms. The van der Waals surface area contributed by atoms with E-state index in [1.807, 2.05) is 0 Å². The number of carbonyl (C=O) groups excluding carboxylic acids is 1. The first-order valence-electron chi connectivity index (χ1n) is 12.4. The van der Waals surface area contributed by atoms with E-state index in [1.165, 1.54) is 7.11 Å². The summed E-state index contributed by atoms with van der Waals surface area (Å²) < 4.78 is 23.5. The topological polar surface area (TPSA) is 74.2 Å². The Bertz CT molecular complexity index is 594. The number of allylic oxidation sites excluding steroid dienone is 2. The Morgan fingerprint density at radius 3 is 2.56 bits per heavy atom. The number of unbranched alkanes of at least 4 members (excludes halogenated alkanes) is 1. The van der Waals surface area contributed by atoms with Crippen LogP contribution in [0.3, 0.4) is 0 Å². The Morgan fingerprint density at radius 1 is 1.19 bits per heavy atom. The zero-order valence-corrected chi connectivity index (χ0v) is 22.1. The number of esters is 1. The maximum Gasteiger partial charge on any atom is 0.305 e. The molecule has 2 rings (SSSR count). The third-order valence-electron chi connectivity index (χ3n) is 7.46. The normalized spacial score (nSPS) is 29.5. The lowest BCUT2D eigenvalue weighted by molar-refractivity contribution is -0.197. The molecule has 0 radical (unpaired) electrons. The number of methoxy groups -OCH3 is 1. The van der Waals surface area contributed by atoms with E-state index in [0.29, 0.717) is 19.4 Å².